The van der Waals surface area contributed by atoms with Gasteiger partial charge in [0.1, 0.15) is 11.6 Å². The van der Waals surface area contributed by atoms with Gasteiger partial charge in [0.2, 0.25) is 0 Å². The maximum Gasteiger partial charge on any atom is 0.141 e. The van der Waals surface area contributed by atoms with Gasteiger partial charge in [0.15, 0.2) is 0 Å². The van der Waals surface area contributed by atoms with Crippen LogP contribution in [-0.4, -0.2) is 10.2 Å². The molecule has 5 heteroatoms. The number of fused-ring (bicyclic) bond motifs is 1. The lowest BCUT2D eigenvalue weighted by atomic mass is 10.1. The van der Waals surface area contributed by atoms with E-state index >= 15 is 0 Å². The number of nitrogens with one attached hydrogen (secondary N) is 1. The summed E-state index contributed by atoms with van der Waals surface area (Å²) in [5.74, 6) is -1.27. The van der Waals surface area contributed by atoms with Crippen molar-refractivity contribution in [3.05, 3.63) is 29.5 Å². The van der Waals surface area contributed by atoms with Crippen LogP contribution in [0, 0.1) is 11.6 Å². The molecule has 2 aromatic rings. The Hall–Kier alpha value is -1.49. The number of rotatable bonds is 1. The van der Waals surface area contributed by atoms with Gasteiger partial charge in [-0.3, -0.25) is 5.10 Å². The third-order valence-electron chi connectivity index (χ3n) is 1.93. The molecule has 0 aliphatic carbocycles. The first kappa shape index (κ1) is 8.12. The predicted octanol–water partition coefficient (Wildman–Crippen LogP) is 1.30. The lowest BCUT2D eigenvalue weighted by molar-refractivity contribution is 0.565. The molecule has 2 rings (SSSR count). The van der Waals surface area contributed by atoms with Crippen molar-refractivity contribution in [3.63, 3.8) is 0 Å². The van der Waals surface area contributed by atoms with Gasteiger partial charge in [-0.2, -0.15) is 5.10 Å². The van der Waals surface area contributed by atoms with Crippen molar-refractivity contribution in [2.75, 3.05) is 0 Å². The van der Waals surface area contributed by atoms with E-state index in [9.17, 15) is 8.78 Å². The second kappa shape index (κ2) is 2.77. The number of hydrogen-bond acceptors (Lipinski definition) is 2. The Morgan fingerprint density at radius 3 is 2.92 bits per heavy atom. The van der Waals surface area contributed by atoms with Gasteiger partial charge < -0.3 is 5.73 Å². The molecular weight excluding hydrogens is 176 g/mol. The van der Waals surface area contributed by atoms with Gasteiger partial charge >= 0.3 is 0 Å². The van der Waals surface area contributed by atoms with Crippen LogP contribution in [0.4, 0.5) is 8.78 Å². The van der Waals surface area contributed by atoms with Crippen LogP contribution in [0.3, 0.4) is 0 Å². The van der Waals surface area contributed by atoms with E-state index in [0.717, 1.165) is 0 Å². The summed E-state index contributed by atoms with van der Waals surface area (Å²) >= 11 is 0. The predicted molar refractivity (Wildman–Crippen MR) is 43.9 cm³/mol. The van der Waals surface area contributed by atoms with Crippen molar-refractivity contribution in [2.45, 2.75) is 6.54 Å². The number of aromatic nitrogens is 2. The molecule has 0 atom stereocenters. The Bertz CT molecular complexity index is 450. The van der Waals surface area contributed by atoms with Gasteiger partial charge in [0.25, 0.3) is 0 Å². The second-order valence-electron chi connectivity index (χ2n) is 2.69. The van der Waals surface area contributed by atoms with Crippen LogP contribution < -0.4 is 5.73 Å². The maximum atomic E-state index is 13.4. The zero-order chi connectivity index (χ0) is 9.42. The minimum atomic E-state index is -0.642. The summed E-state index contributed by atoms with van der Waals surface area (Å²) in [6.45, 7) is -0.154. The highest BCUT2D eigenvalue weighted by Gasteiger charge is 2.12. The second-order valence-corrected chi connectivity index (χ2v) is 2.69. The molecular formula is C8H7F2N3. The molecule has 3 nitrogen and oxygen atoms in total. The molecule has 0 unspecified atom stereocenters. The molecule has 0 saturated carbocycles. The number of nitrogens with zero attached hydrogens (tertiary/aromatic N) is 1. The molecule has 0 bridgehead atoms. The smallest absolute Gasteiger partial charge is 0.141 e. The summed E-state index contributed by atoms with van der Waals surface area (Å²) in [6.07, 6.45) is 1.31. The van der Waals surface area contributed by atoms with E-state index < -0.39 is 11.6 Å². The molecule has 0 aliphatic rings. The molecule has 68 valence electrons. The molecule has 1 heterocycles. The van der Waals surface area contributed by atoms with Crippen LogP contribution in [0.5, 0.6) is 0 Å². The average molecular weight is 183 g/mol. The molecule has 0 amide bonds. The van der Waals surface area contributed by atoms with E-state index in [1.54, 1.807) is 0 Å². The Morgan fingerprint density at radius 1 is 1.46 bits per heavy atom. The van der Waals surface area contributed by atoms with Gasteiger partial charge in [0.05, 0.1) is 17.1 Å². The molecule has 3 N–H and O–H groups in total. The fourth-order valence-corrected chi connectivity index (χ4v) is 1.25. The topological polar surface area (TPSA) is 54.7 Å². The minimum absolute atomic E-state index is 0.103. The molecule has 13 heavy (non-hydrogen) atoms. The number of aromatic amines is 1. The molecule has 0 radical (unpaired) electrons. The number of benzene rings is 1. The lowest BCUT2D eigenvalue weighted by Gasteiger charge is -2.01. The first-order chi connectivity index (χ1) is 6.24. The molecule has 1 aromatic carbocycles. The minimum Gasteiger partial charge on any atom is -0.326 e. The van der Waals surface area contributed by atoms with Gasteiger partial charge in [-0.15, -0.1) is 0 Å². The van der Waals surface area contributed by atoms with E-state index in [1.165, 1.54) is 12.3 Å². The Kier molecular flexibility index (Phi) is 1.73. The van der Waals surface area contributed by atoms with Crippen LogP contribution in [-0.2, 0) is 6.54 Å². The summed E-state index contributed by atoms with van der Waals surface area (Å²) in [5, 5.41) is 6.35. The van der Waals surface area contributed by atoms with E-state index in [2.05, 4.69) is 10.2 Å². The van der Waals surface area contributed by atoms with Crippen molar-refractivity contribution in [1.82, 2.24) is 10.2 Å². The highest BCUT2D eigenvalue weighted by molar-refractivity contribution is 5.79. The summed E-state index contributed by atoms with van der Waals surface area (Å²) in [7, 11) is 0. The number of nitrogens with two attached hydrogens (primary N) is 1. The van der Waals surface area contributed by atoms with Crippen LogP contribution >= 0.6 is 0 Å². The summed E-state index contributed by atoms with van der Waals surface area (Å²) in [6, 6.07) is 1.19. The SMILES string of the molecule is NCc1c(F)cc2[nH]ncc2c1F. The van der Waals surface area contributed by atoms with Crippen LogP contribution in [0.1, 0.15) is 5.56 Å². The fourth-order valence-electron chi connectivity index (χ4n) is 1.25. The monoisotopic (exact) mass is 183 g/mol. The maximum absolute atomic E-state index is 13.4. The van der Waals surface area contributed by atoms with E-state index in [-0.39, 0.29) is 17.5 Å². The zero-order valence-corrected chi connectivity index (χ0v) is 6.64. The standard InChI is InChI=1S/C8H7F2N3/c9-6-1-7-5(3-12-13-7)8(10)4(6)2-11/h1,3H,2,11H2,(H,12,13). The number of H-pyrrole nitrogens is 1. The van der Waals surface area contributed by atoms with Gasteiger partial charge in [-0.25, -0.2) is 8.78 Å². The normalized spacial score (nSPS) is 11.0. The molecule has 0 aliphatic heterocycles. The van der Waals surface area contributed by atoms with Crippen molar-refractivity contribution >= 4 is 10.9 Å². The summed E-state index contributed by atoms with van der Waals surface area (Å²) in [5.41, 5.74) is 5.44. The zero-order valence-electron chi connectivity index (χ0n) is 6.64. The van der Waals surface area contributed by atoms with Crippen molar-refractivity contribution < 1.29 is 8.78 Å². The fraction of sp³-hybridized carbons (Fsp3) is 0.125. The molecule has 0 fully saturated rings. The summed E-state index contributed by atoms with van der Waals surface area (Å²) in [4.78, 5) is 0. The van der Waals surface area contributed by atoms with Crippen LogP contribution in [0.25, 0.3) is 10.9 Å². The molecule has 1 aromatic heterocycles. The first-order valence-corrected chi connectivity index (χ1v) is 3.74. The van der Waals surface area contributed by atoms with Crippen LogP contribution in [0.2, 0.25) is 0 Å². The van der Waals surface area contributed by atoms with Gasteiger partial charge in [0, 0.05) is 18.2 Å². The van der Waals surface area contributed by atoms with E-state index in [4.69, 9.17) is 5.73 Å². The number of hydrogen-bond donors (Lipinski definition) is 2. The summed E-state index contributed by atoms with van der Waals surface area (Å²) < 4.78 is 26.5. The molecule has 0 saturated heterocycles. The third-order valence-corrected chi connectivity index (χ3v) is 1.93. The Balaban J connectivity index is 2.85. The Morgan fingerprint density at radius 2 is 2.23 bits per heavy atom. The average Bonchev–Trinajstić information content (AvgIpc) is 2.53. The quantitative estimate of drug-likeness (QED) is 0.700. The first-order valence-electron chi connectivity index (χ1n) is 3.74. The van der Waals surface area contributed by atoms with Gasteiger partial charge in [-0.1, -0.05) is 0 Å². The lowest BCUT2D eigenvalue weighted by Crippen LogP contribution is -2.03. The molecule has 0 spiro atoms. The number of halogens is 2. The highest BCUT2D eigenvalue weighted by atomic mass is 19.1. The van der Waals surface area contributed by atoms with Gasteiger partial charge in [-0.05, 0) is 0 Å². The van der Waals surface area contributed by atoms with Crippen LogP contribution in [0.15, 0.2) is 12.3 Å². The Labute approximate surface area is 72.5 Å². The van der Waals surface area contributed by atoms with Crippen molar-refractivity contribution in [1.29, 1.82) is 0 Å². The van der Waals surface area contributed by atoms with E-state index in [0.29, 0.717) is 5.52 Å². The van der Waals surface area contributed by atoms with E-state index in [1.807, 2.05) is 0 Å². The highest BCUT2D eigenvalue weighted by Crippen LogP contribution is 2.21. The largest absolute Gasteiger partial charge is 0.326 e. The van der Waals surface area contributed by atoms with Crippen molar-refractivity contribution in [2.24, 2.45) is 5.73 Å². The third kappa shape index (κ3) is 1.08. The van der Waals surface area contributed by atoms with Crippen molar-refractivity contribution in [3.8, 4) is 0 Å².